The molecule has 2 rings (SSSR count). The van der Waals surface area contributed by atoms with Crippen molar-refractivity contribution in [3.05, 3.63) is 0 Å². The summed E-state index contributed by atoms with van der Waals surface area (Å²) in [5, 5.41) is 3.75. The van der Waals surface area contributed by atoms with Crippen LogP contribution in [-0.4, -0.2) is 25.8 Å². The maximum absolute atomic E-state index is 5.25. The van der Waals surface area contributed by atoms with E-state index in [-0.39, 0.29) is 0 Å². The predicted octanol–water partition coefficient (Wildman–Crippen LogP) is 1.94. The number of hydrogen-bond donors (Lipinski definition) is 1. The first kappa shape index (κ1) is 9.47. The topological polar surface area (TPSA) is 21.3 Å². The molecule has 76 valence electrons. The SMILES string of the molecule is COCC(NC1CCCC1)C1CC1. The van der Waals surface area contributed by atoms with E-state index in [1.807, 2.05) is 7.11 Å². The highest BCUT2D eigenvalue weighted by Gasteiger charge is 2.32. The second-order valence-corrected chi connectivity index (χ2v) is 4.55. The zero-order valence-corrected chi connectivity index (χ0v) is 8.59. The second kappa shape index (κ2) is 4.43. The molecule has 2 saturated carbocycles. The smallest absolute Gasteiger partial charge is 0.0618 e. The van der Waals surface area contributed by atoms with Gasteiger partial charge in [-0.3, -0.25) is 0 Å². The van der Waals surface area contributed by atoms with Gasteiger partial charge in [0.2, 0.25) is 0 Å². The lowest BCUT2D eigenvalue weighted by atomic mass is 10.1. The third kappa shape index (κ3) is 2.68. The van der Waals surface area contributed by atoms with Crippen LogP contribution in [-0.2, 0) is 4.74 Å². The van der Waals surface area contributed by atoms with Gasteiger partial charge in [-0.25, -0.2) is 0 Å². The zero-order chi connectivity index (χ0) is 9.10. The molecular weight excluding hydrogens is 162 g/mol. The molecule has 0 spiro atoms. The Kier molecular flexibility index (Phi) is 3.23. The van der Waals surface area contributed by atoms with E-state index in [1.54, 1.807) is 0 Å². The average Bonchev–Trinajstić information content (AvgIpc) is 2.85. The normalized spacial score (nSPS) is 26.5. The molecule has 2 aliphatic rings. The summed E-state index contributed by atoms with van der Waals surface area (Å²) in [6.07, 6.45) is 8.42. The van der Waals surface area contributed by atoms with Crippen LogP contribution in [0.25, 0.3) is 0 Å². The van der Waals surface area contributed by atoms with Crippen LogP contribution >= 0.6 is 0 Å². The largest absolute Gasteiger partial charge is 0.383 e. The molecule has 1 unspecified atom stereocenters. The molecule has 1 N–H and O–H groups in total. The summed E-state index contributed by atoms with van der Waals surface area (Å²) < 4.78 is 5.25. The fourth-order valence-electron chi connectivity index (χ4n) is 2.39. The Bertz CT molecular complexity index is 150. The third-order valence-corrected chi connectivity index (χ3v) is 3.34. The van der Waals surface area contributed by atoms with Gasteiger partial charge in [-0.15, -0.1) is 0 Å². The van der Waals surface area contributed by atoms with Gasteiger partial charge in [-0.2, -0.15) is 0 Å². The van der Waals surface area contributed by atoms with Gasteiger partial charge in [0, 0.05) is 19.2 Å². The van der Waals surface area contributed by atoms with E-state index >= 15 is 0 Å². The van der Waals surface area contributed by atoms with Crippen LogP contribution in [0.5, 0.6) is 0 Å². The molecule has 1 atom stereocenters. The van der Waals surface area contributed by atoms with Gasteiger partial charge in [0.15, 0.2) is 0 Å². The molecule has 0 heterocycles. The highest BCUT2D eigenvalue weighted by atomic mass is 16.5. The Morgan fingerprint density at radius 1 is 1.23 bits per heavy atom. The Morgan fingerprint density at radius 3 is 2.46 bits per heavy atom. The van der Waals surface area contributed by atoms with Crippen molar-refractivity contribution in [2.75, 3.05) is 13.7 Å². The van der Waals surface area contributed by atoms with Crippen LogP contribution in [0, 0.1) is 5.92 Å². The molecule has 0 bridgehead atoms. The summed E-state index contributed by atoms with van der Waals surface area (Å²) in [6.45, 7) is 0.904. The minimum Gasteiger partial charge on any atom is -0.383 e. The molecule has 2 fully saturated rings. The van der Waals surface area contributed by atoms with Crippen LogP contribution in [0.4, 0.5) is 0 Å². The first-order chi connectivity index (χ1) is 6.40. The Morgan fingerprint density at radius 2 is 1.92 bits per heavy atom. The van der Waals surface area contributed by atoms with Crippen molar-refractivity contribution < 1.29 is 4.74 Å². The van der Waals surface area contributed by atoms with Crippen molar-refractivity contribution in [2.24, 2.45) is 5.92 Å². The lowest BCUT2D eigenvalue weighted by molar-refractivity contribution is 0.151. The maximum atomic E-state index is 5.25. The van der Waals surface area contributed by atoms with Crippen molar-refractivity contribution in [3.8, 4) is 0 Å². The molecule has 2 heteroatoms. The van der Waals surface area contributed by atoms with E-state index in [9.17, 15) is 0 Å². The standard InChI is InChI=1S/C11H21NO/c1-13-8-11(9-6-7-9)12-10-4-2-3-5-10/h9-12H,2-8H2,1H3. The molecule has 13 heavy (non-hydrogen) atoms. The summed E-state index contributed by atoms with van der Waals surface area (Å²) in [6, 6.07) is 1.44. The molecule has 0 aromatic heterocycles. The third-order valence-electron chi connectivity index (χ3n) is 3.34. The molecule has 2 nitrogen and oxygen atoms in total. The fourth-order valence-corrected chi connectivity index (χ4v) is 2.39. The fraction of sp³-hybridized carbons (Fsp3) is 1.00. The Hall–Kier alpha value is -0.0800. The first-order valence-electron chi connectivity index (χ1n) is 5.65. The van der Waals surface area contributed by atoms with E-state index in [0.29, 0.717) is 6.04 Å². The van der Waals surface area contributed by atoms with E-state index in [0.717, 1.165) is 18.6 Å². The predicted molar refractivity (Wildman–Crippen MR) is 53.8 cm³/mol. The average molecular weight is 183 g/mol. The quantitative estimate of drug-likeness (QED) is 0.703. The Balaban J connectivity index is 1.74. The van der Waals surface area contributed by atoms with Gasteiger partial charge >= 0.3 is 0 Å². The minimum atomic E-state index is 0.646. The molecule has 0 aromatic rings. The highest BCUT2D eigenvalue weighted by molar-refractivity contribution is 4.89. The highest BCUT2D eigenvalue weighted by Crippen LogP contribution is 2.33. The van der Waals surface area contributed by atoms with Gasteiger partial charge < -0.3 is 10.1 Å². The van der Waals surface area contributed by atoms with Crippen LogP contribution < -0.4 is 5.32 Å². The summed E-state index contributed by atoms with van der Waals surface area (Å²) >= 11 is 0. The van der Waals surface area contributed by atoms with Crippen molar-refractivity contribution in [1.29, 1.82) is 0 Å². The number of methoxy groups -OCH3 is 1. The lowest BCUT2D eigenvalue weighted by Crippen LogP contribution is -2.41. The van der Waals surface area contributed by atoms with E-state index in [4.69, 9.17) is 4.74 Å². The van der Waals surface area contributed by atoms with Crippen molar-refractivity contribution >= 4 is 0 Å². The first-order valence-corrected chi connectivity index (χ1v) is 5.65. The monoisotopic (exact) mass is 183 g/mol. The molecule has 0 amide bonds. The summed E-state index contributed by atoms with van der Waals surface area (Å²) in [5.74, 6) is 0.917. The molecule has 0 radical (unpaired) electrons. The molecule has 0 aliphatic heterocycles. The van der Waals surface area contributed by atoms with E-state index < -0.39 is 0 Å². The van der Waals surface area contributed by atoms with Crippen molar-refractivity contribution in [3.63, 3.8) is 0 Å². The summed E-state index contributed by atoms with van der Waals surface area (Å²) in [5.41, 5.74) is 0. The second-order valence-electron chi connectivity index (χ2n) is 4.55. The van der Waals surface area contributed by atoms with E-state index in [2.05, 4.69) is 5.32 Å². The van der Waals surface area contributed by atoms with Crippen molar-refractivity contribution in [2.45, 2.75) is 50.6 Å². The van der Waals surface area contributed by atoms with Crippen LogP contribution in [0.2, 0.25) is 0 Å². The number of ether oxygens (including phenoxy) is 1. The maximum Gasteiger partial charge on any atom is 0.0618 e. The van der Waals surface area contributed by atoms with Gasteiger partial charge in [0.25, 0.3) is 0 Å². The molecular formula is C11H21NO. The van der Waals surface area contributed by atoms with Gasteiger partial charge in [-0.05, 0) is 31.6 Å². The Labute approximate surface area is 81.0 Å². The summed E-state index contributed by atoms with van der Waals surface area (Å²) in [4.78, 5) is 0. The number of rotatable bonds is 5. The number of hydrogen-bond acceptors (Lipinski definition) is 2. The number of nitrogens with one attached hydrogen (secondary N) is 1. The zero-order valence-electron chi connectivity index (χ0n) is 8.59. The van der Waals surface area contributed by atoms with E-state index in [1.165, 1.54) is 38.5 Å². The summed E-state index contributed by atoms with van der Waals surface area (Å²) in [7, 11) is 1.81. The van der Waals surface area contributed by atoms with Gasteiger partial charge in [-0.1, -0.05) is 12.8 Å². The van der Waals surface area contributed by atoms with Crippen LogP contribution in [0.15, 0.2) is 0 Å². The van der Waals surface area contributed by atoms with Crippen molar-refractivity contribution in [1.82, 2.24) is 5.32 Å². The molecule has 0 saturated heterocycles. The molecule has 0 aromatic carbocycles. The molecule has 2 aliphatic carbocycles. The van der Waals surface area contributed by atoms with Crippen LogP contribution in [0.3, 0.4) is 0 Å². The van der Waals surface area contributed by atoms with Gasteiger partial charge in [0.1, 0.15) is 0 Å². The lowest BCUT2D eigenvalue weighted by Gasteiger charge is -2.21. The van der Waals surface area contributed by atoms with Gasteiger partial charge in [0.05, 0.1) is 6.61 Å². The van der Waals surface area contributed by atoms with Crippen LogP contribution in [0.1, 0.15) is 38.5 Å². The minimum absolute atomic E-state index is 0.646.